The third-order valence-corrected chi connectivity index (χ3v) is 4.14. The maximum Gasteiger partial charge on any atom is 0.422 e. The molecule has 0 aliphatic heterocycles. The number of carbonyl (C=O) groups excluding carboxylic acids is 1. The fourth-order valence-corrected chi connectivity index (χ4v) is 2.83. The number of carbonyl (C=O) groups is 1. The van der Waals surface area contributed by atoms with Gasteiger partial charge in [-0.15, -0.1) is 0 Å². The van der Waals surface area contributed by atoms with Crippen molar-refractivity contribution in [2.24, 2.45) is 0 Å². The number of aromatic nitrogens is 4. The average molecular weight is 439 g/mol. The second kappa shape index (κ2) is 9.60. The Morgan fingerprint density at radius 3 is 2.84 bits per heavy atom. The van der Waals surface area contributed by atoms with E-state index < -0.39 is 12.8 Å². The Hall–Kier alpha value is -3.41. The van der Waals surface area contributed by atoms with Crippen molar-refractivity contribution in [1.29, 1.82) is 0 Å². The van der Waals surface area contributed by atoms with Gasteiger partial charge in [-0.1, -0.05) is 0 Å². The van der Waals surface area contributed by atoms with E-state index in [1.54, 1.807) is 23.1 Å². The molecule has 0 radical (unpaired) electrons. The highest BCUT2D eigenvalue weighted by molar-refractivity contribution is 5.86. The molecule has 0 spiro atoms. The van der Waals surface area contributed by atoms with Crippen molar-refractivity contribution in [3.8, 4) is 11.6 Å². The Morgan fingerprint density at radius 1 is 1.32 bits per heavy atom. The highest BCUT2D eigenvalue weighted by Crippen LogP contribution is 2.27. The summed E-state index contributed by atoms with van der Waals surface area (Å²) in [4.78, 5) is 20.1. The summed E-state index contributed by atoms with van der Waals surface area (Å²) in [6.45, 7) is -1.21. The number of hydrogen-bond donors (Lipinski definition) is 2. The van der Waals surface area contributed by atoms with Crippen LogP contribution in [-0.2, 0) is 17.8 Å². The van der Waals surface area contributed by atoms with E-state index in [0.717, 1.165) is 0 Å². The van der Waals surface area contributed by atoms with Gasteiger partial charge in [-0.05, 0) is 17.7 Å². The quantitative estimate of drug-likeness (QED) is 0.519. The van der Waals surface area contributed by atoms with Crippen molar-refractivity contribution in [3.63, 3.8) is 0 Å². The number of rotatable bonds is 9. The Bertz CT molecular complexity index is 1050. The molecule has 2 N–H and O–H groups in total. The molecule has 1 amide bonds. The molecule has 0 aliphatic carbocycles. The van der Waals surface area contributed by atoms with Gasteiger partial charge < -0.3 is 19.9 Å². The van der Waals surface area contributed by atoms with Gasteiger partial charge in [0.25, 0.3) is 5.88 Å². The monoisotopic (exact) mass is 439 g/mol. The van der Waals surface area contributed by atoms with Crippen LogP contribution in [0.1, 0.15) is 11.3 Å². The third-order valence-electron chi connectivity index (χ3n) is 4.14. The standard InChI is InChI=1S/C19H20F3N5O4/c1-30-16-6-12(8-25-18(16)31-11-19(20,21)22)9-27-10-13-14(26-27)2-3-23-15(13)7-17(29)24-4-5-28/h2-3,6,8,10,28H,4-5,7,9,11H2,1H3,(H,24,29). The van der Waals surface area contributed by atoms with Crippen molar-refractivity contribution in [2.45, 2.75) is 19.1 Å². The van der Waals surface area contributed by atoms with Gasteiger partial charge in [-0.3, -0.25) is 14.5 Å². The van der Waals surface area contributed by atoms with E-state index in [0.29, 0.717) is 22.2 Å². The summed E-state index contributed by atoms with van der Waals surface area (Å²) in [5.41, 5.74) is 1.79. The van der Waals surface area contributed by atoms with Crippen LogP contribution in [-0.4, -0.2) is 63.8 Å². The number of fused-ring (bicyclic) bond motifs is 1. The summed E-state index contributed by atoms with van der Waals surface area (Å²) in [5, 5.41) is 16.5. The number of halogens is 3. The second-order valence-corrected chi connectivity index (χ2v) is 6.52. The molecule has 3 rings (SSSR count). The number of ether oxygens (including phenoxy) is 2. The number of hydrogen-bond acceptors (Lipinski definition) is 7. The van der Waals surface area contributed by atoms with E-state index in [2.05, 4.69) is 25.1 Å². The van der Waals surface area contributed by atoms with Crippen molar-refractivity contribution < 1.29 is 32.5 Å². The first-order valence-electron chi connectivity index (χ1n) is 9.20. The fraction of sp³-hybridized carbons (Fsp3) is 0.368. The van der Waals surface area contributed by atoms with Crippen LogP contribution in [0.25, 0.3) is 10.9 Å². The van der Waals surface area contributed by atoms with Crippen molar-refractivity contribution in [1.82, 2.24) is 25.1 Å². The van der Waals surface area contributed by atoms with Crippen LogP contribution in [0.3, 0.4) is 0 Å². The molecule has 0 aromatic carbocycles. The zero-order valence-corrected chi connectivity index (χ0v) is 16.5. The SMILES string of the molecule is COc1cc(Cn2cc3c(CC(=O)NCCO)nccc3n2)cnc1OCC(F)(F)F. The summed E-state index contributed by atoms with van der Waals surface area (Å²) in [6.07, 6.45) is 0.191. The molecule has 0 bridgehead atoms. The highest BCUT2D eigenvalue weighted by atomic mass is 19.4. The van der Waals surface area contributed by atoms with E-state index in [1.807, 2.05) is 0 Å². The normalized spacial score (nSPS) is 11.5. The van der Waals surface area contributed by atoms with Crippen molar-refractivity contribution >= 4 is 16.8 Å². The Labute approximate surface area is 174 Å². The molecule has 0 atom stereocenters. The summed E-state index contributed by atoms with van der Waals surface area (Å²) in [6, 6.07) is 3.22. The van der Waals surface area contributed by atoms with E-state index in [1.165, 1.54) is 19.4 Å². The average Bonchev–Trinajstić information content (AvgIpc) is 3.14. The molecule has 3 heterocycles. The largest absolute Gasteiger partial charge is 0.491 e. The number of pyridine rings is 2. The zero-order chi connectivity index (χ0) is 22.4. The second-order valence-electron chi connectivity index (χ2n) is 6.52. The molecule has 0 aliphatic rings. The van der Waals surface area contributed by atoms with Gasteiger partial charge in [0.1, 0.15) is 0 Å². The van der Waals surface area contributed by atoms with Gasteiger partial charge in [0, 0.05) is 30.5 Å². The minimum absolute atomic E-state index is 0.0314. The topological polar surface area (TPSA) is 111 Å². The lowest BCUT2D eigenvalue weighted by Crippen LogP contribution is -2.28. The first-order chi connectivity index (χ1) is 14.8. The minimum Gasteiger partial charge on any atom is -0.491 e. The minimum atomic E-state index is -4.48. The smallest absolute Gasteiger partial charge is 0.422 e. The van der Waals surface area contributed by atoms with Crippen LogP contribution < -0.4 is 14.8 Å². The number of amides is 1. The van der Waals surface area contributed by atoms with Gasteiger partial charge in [0.05, 0.1) is 37.9 Å². The lowest BCUT2D eigenvalue weighted by Gasteiger charge is -2.12. The van der Waals surface area contributed by atoms with Crippen LogP contribution in [0.5, 0.6) is 11.6 Å². The fourth-order valence-electron chi connectivity index (χ4n) is 2.83. The third kappa shape index (κ3) is 6.04. The zero-order valence-electron chi connectivity index (χ0n) is 16.5. The molecule has 3 aromatic rings. The van der Waals surface area contributed by atoms with Crippen LogP contribution in [0.15, 0.2) is 30.7 Å². The molecule has 9 nitrogen and oxygen atoms in total. The maximum absolute atomic E-state index is 12.4. The highest BCUT2D eigenvalue weighted by Gasteiger charge is 2.29. The summed E-state index contributed by atoms with van der Waals surface area (Å²) < 4.78 is 48.5. The number of methoxy groups -OCH3 is 1. The van der Waals surface area contributed by atoms with Crippen molar-refractivity contribution in [3.05, 3.63) is 42.0 Å². The molecule has 0 unspecified atom stereocenters. The molecule has 12 heteroatoms. The molecule has 166 valence electrons. The Balaban J connectivity index is 1.77. The molecule has 0 saturated carbocycles. The predicted molar refractivity (Wildman–Crippen MR) is 103 cm³/mol. The Kier molecular flexibility index (Phi) is 6.90. The van der Waals surface area contributed by atoms with Gasteiger partial charge in [-0.25, -0.2) is 4.98 Å². The van der Waals surface area contributed by atoms with Gasteiger partial charge in [0.15, 0.2) is 12.4 Å². The van der Waals surface area contributed by atoms with Crippen LogP contribution >= 0.6 is 0 Å². The van der Waals surface area contributed by atoms with Crippen LogP contribution in [0, 0.1) is 0 Å². The van der Waals surface area contributed by atoms with Gasteiger partial charge in [-0.2, -0.15) is 18.3 Å². The lowest BCUT2D eigenvalue weighted by molar-refractivity contribution is -0.154. The van der Waals surface area contributed by atoms with E-state index >= 15 is 0 Å². The Morgan fingerprint density at radius 2 is 2.13 bits per heavy atom. The first-order valence-corrected chi connectivity index (χ1v) is 9.20. The number of nitrogens with one attached hydrogen (secondary N) is 1. The number of aliphatic hydroxyl groups is 1. The molecule has 3 aromatic heterocycles. The molecular formula is C19H20F3N5O4. The van der Waals surface area contributed by atoms with Gasteiger partial charge in [0.2, 0.25) is 5.91 Å². The van der Waals surface area contributed by atoms with Gasteiger partial charge >= 0.3 is 6.18 Å². The van der Waals surface area contributed by atoms with E-state index in [4.69, 9.17) is 9.84 Å². The molecule has 0 saturated heterocycles. The number of alkyl halides is 3. The van der Waals surface area contributed by atoms with E-state index in [9.17, 15) is 18.0 Å². The van der Waals surface area contributed by atoms with Crippen LogP contribution in [0.4, 0.5) is 13.2 Å². The van der Waals surface area contributed by atoms with Crippen LogP contribution in [0.2, 0.25) is 0 Å². The summed E-state index contributed by atoms with van der Waals surface area (Å²) in [5.74, 6) is -0.457. The number of aliphatic hydroxyl groups excluding tert-OH is 1. The lowest BCUT2D eigenvalue weighted by atomic mass is 10.2. The molecular weight excluding hydrogens is 419 g/mol. The maximum atomic E-state index is 12.4. The number of nitrogens with zero attached hydrogens (tertiary/aromatic N) is 4. The molecule has 0 fully saturated rings. The summed E-state index contributed by atoms with van der Waals surface area (Å²) in [7, 11) is 1.31. The predicted octanol–water partition coefficient (Wildman–Crippen LogP) is 1.48. The van der Waals surface area contributed by atoms with E-state index in [-0.39, 0.29) is 43.7 Å². The first kappa shape index (κ1) is 22.3. The summed E-state index contributed by atoms with van der Waals surface area (Å²) >= 11 is 0. The van der Waals surface area contributed by atoms with Crippen molar-refractivity contribution in [2.75, 3.05) is 26.9 Å². The molecule has 31 heavy (non-hydrogen) atoms.